The number of allylic oxidation sites excluding steroid dienone is 2. The highest BCUT2D eigenvalue weighted by Crippen LogP contribution is 2.39. The van der Waals surface area contributed by atoms with Gasteiger partial charge in [-0.15, -0.1) is 0 Å². The Labute approximate surface area is 205 Å². The van der Waals surface area contributed by atoms with Gasteiger partial charge in [0.15, 0.2) is 6.04 Å². The van der Waals surface area contributed by atoms with Crippen molar-refractivity contribution in [3.63, 3.8) is 0 Å². The van der Waals surface area contributed by atoms with Crippen LogP contribution in [0.5, 0.6) is 0 Å². The number of hydrogen-bond donors (Lipinski definition) is 2. The van der Waals surface area contributed by atoms with Gasteiger partial charge in [0.05, 0.1) is 5.69 Å². The number of carboxylic acids is 1. The van der Waals surface area contributed by atoms with Crippen LogP contribution in [0.4, 0.5) is 5.69 Å². The maximum absolute atomic E-state index is 12.1. The van der Waals surface area contributed by atoms with E-state index in [4.69, 9.17) is 0 Å². The fraction of sp³-hybridized carbons (Fsp3) is 0.467. The van der Waals surface area contributed by atoms with Crippen LogP contribution in [0.15, 0.2) is 42.6 Å². The van der Waals surface area contributed by atoms with E-state index in [0.29, 0.717) is 17.5 Å². The molecule has 2 N–H and O–H groups in total. The van der Waals surface area contributed by atoms with Gasteiger partial charge in [0, 0.05) is 11.9 Å². The number of nitrogens with one attached hydrogen (secondary N) is 1. The predicted molar refractivity (Wildman–Crippen MR) is 143 cm³/mol. The minimum Gasteiger partial charge on any atom is -0.479 e. The molecular weight excluding hydrogens is 420 g/mol. The summed E-state index contributed by atoms with van der Waals surface area (Å²) in [5, 5.41) is 13.2. The summed E-state index contributed by atoms with van der Waals surface area (Å²) in [6, 6.07) is 7.08. The van der Waals surface area contributed by atoms with Crippen LogP contribution < -0.4 is 5.32 Å². The van der Waals surface area contributed by atoms with E-state index in [1.807, 2.05) is 51.2 Å². The number of rotatable bonds is 8. The average Bonchev–Trinajstić information content (AvgIpc) is 3.71. The van der Waals surface area contributed by atoms with E-state index in [1.54, 1.807) is 0 Å². The third-order valence-corrected chi connectivity index (χ3v) is 6.74. The predicted octanol–water partition coefficient (Wildman–Crippen LogP) is 8.16. The second kappa shape index (κ2) is 12.5. The fourth-order valence-corrected chi connectivity index (χ4v) is 4.61. The molecule has 182 valence electrons. The number of carboxylic acid groups (broad SMARTS) is 1. The van der Waals surface area contributed by atoms with Crippen molar-refractivity contribution in [2.75, 3.05) is 5.32 Å². The first-order valence-electron chi connectivity index (χ1n) is 13.0. The number of aliphatic carboxylic acids is 1. The summed E-state index contributed by atoms with van der Waals surface area (Å²) in [6.45, 7) is 8.13. The van der Waals surface area contributed by atoms with E-state index < -0.39 is 12.0 Å². The zero-order valence-corrected chi connectivity index (χ0v) is 21.2. The van der Waals surface area contributed by atoms with Crippen LogP contribution in [-0.4, -0.2) is 16.1 Å². The van der Waals surface area contributed by atoms with Gasteiger partial charge in [0.25, 0.3) is 0 Å². The molecule has 4 rings (SSSR count). The Morgan fingerprint density at radius 1 is 1.06 bits per heavy atom. The van der Waals surface area contributed by atoms with Crippen LogP contribution in [0.2, 0.25) is 0 Å². The number of carbonyl (C=O) groups is 1. The second-order valence-corrected chi connectivity index (χ2v) is 9.24. The smallest absolute Gasteiger partial charge is 0.332 e. The Bertz CT molecular complexity index is 997. The molecular formula is C30H40N2O2. The molecule has 4 nitrogen and oxygen atoms in total. The summed E-state index contributed by atoms with van der Waals surface area (Å²) in [5.74, 6) is 0.321. The van der Waals surface area contributed by atoms with Crippen LogP contribution in [0.3, 0.4) is 0 Å². The van der Waals surface area contributed by atoms with Crippen LogP contribution in [-0.2, 0) is 4.79 Å². The molecule has 2 aliphatic rings. The molecule has 1 aromatic carbocycles. The first-order chi connectivity index (χ1) is 16.5. The summed E-state index contributed by atoms with van der Waals surface area (Å²) < 4.78 is 0. The van der Waals surface area contributed by atoms with Gasteiger partial charge in [-0.25, -0.2) is 4.79 Å². The van der Waals surface area contributed by atoms with E-state index in [-0.39, 0.29) is 0 Å². The van der Waals surface area contributed by atoms with Crippen molar-refractivity contribution in [3.05, 3.63) is 70.6 Å². The topological polar surface area (TPSA) is 62.2 Å². The monoisotopic (exact) mass is 460 g/mol. The SMILES string of the molecule is C/C=C\c1cc(NC(C(=O)O)c2ccc(C3CC3)cn2)cc(/C=C/C2CCCCC2)c1C.CC. The highest BCUT2D eigenvalue weighted by Gasteiger charge is 2.26. The van der Waals surface area contributed by atoms with Crippen LogP contribution in [0.25, 0.3) is 12.2 Å². The van der Waals surface area contributed by atoms with Crippen molar-refractivity contribution >= 4 is 23.8 Å². The molecule has 1 unspecified atom stereocenters. The standard InChI is InChI=1S/C28H34N2O2.C2H6/c1-3-7-22-16-25(17-23(19(22)2)11-10-20-8-5-4-6-9-20)30-27(28(31)32)26-15-14-24(18-29-26)21-12-13-21;1-2/h3,7,10-11,14-18,20-21,27,30H,4-6,8-9,12-13H2,1-2H3,(H,31,32);1-2H3/b7-3-,11-10+;. The normalized spacial score (nSPS) is 17.4. The van der Waals surface area contributed by atoms with E-state index >= 15 is 0 Å². The van der Waals surface area contributed by atoms with Crippen molar-refractivity contribution in [3.8, 4) is 0 Å². The molecule has 2 aromatic rings. The fourth-order valence-electron chi connectivity index (χ4n) is 4.61. The molecule has 1 aromatic heterocycles. The Hall–Kier alpha value is -2.88. The molecule has 1 heterocycles. The molecule has 34 heavy (non-hydrogen) atoms. The average molecular weight is 461 g/mol. The lowest BCUT2D eigenvalue weighted by Crippen LogP contribution is -2.21. The largest absolute Gasteiger partial charge is 0.479 e. The van der Waals surface area contributed by atoms with E-state index in [0.717, 1.165) is 16.8 Å². The molecule has 4 heteroatoms. The first kappa shape index (κ1) is 25.7. The Morgan fingerprint density at radius 3 is 2.29 bits per heavy atom. The lowest BCUT2D eigenvalue weighted by Gasteiger charge is -2.19. The molecule has 0 aliphatic heterocycles. The minimum absolute atomic E-state index is 0.536. The van der Waals surface area contributed by atoms with Gasteiger partial charge in [-0.05, 0) is 91.8 Å². The third kappa shape index (κ3) is 6.82. The number of benzene rings is 1. The number of anilines is 1. The quantitative estimate of drug-likeness (QED) is 0.417. The summed E-state index contributed by atoms with van der Waals surface area (Å²) in [5.41, 5.74) is 5.98. The summed E-state index contributed by atoms with van der Waals surface area (Å²) in [4.78, 5) is 16.6. The van der Waals surface area contributed by atoms with Crippen molar-refractivity contribution in [2.45, 2.75) is 84.6 Å². The second-order valence-electron chi connectivity index (χ2n) is 9.24. The summed E-state index contributed by atoms with van der Waals surface area (Å²) >= 11 is 0. The zero-order valence-electron chi connectivity index (χ0n) is 21.2. The van der Waals surface area contributed by atoms with Gasteiger partial charge in [-0.1, -0.05) is 63.5 Å². The van der Waals surface area contributed by atoms with Crippen molar-refractivity contribution in [2.24, 2.45) is 5.92 Å². The Morgan fingerprint density at radius 2 is 1.74 bits per heavy atom. The molecule has 0 amide bonds. The molecule has 2 saturated carbocycles. The molecule has 0 radical (unpaired) electrons. The molecule has 0 saturated heterocycles. The van der Waals surface area contributed by atoms with Crippen molar-refractivity contribution in [1.29, 1.82) is 0 Å². The molecule has 1 atom stereocenters. The highest BCUT2D eigenvalue weighted by atomic mass is 16.4. The van der Waals surface area contributed by atoms with Crippen LogP contribution in [0.1, 0.15) is 106 Å². The number of aromatic nitrogens is 1. The Balaban J connectivity index is 0.00000158. The van der Waals surface area contributed by atoms with Crippen LogP contribution >= 0.6 is 0 Å². The lowest BCUT2D eigenvalue weighted by atomic mass is 9.88. The highest BCUT2D eigenvalue weighted by molar-refractivity contribution is 5.80. The lowest BCUT2D eigenvalue weighted by molar-refractivity contribution is -0.138. The van der Waals surface area contributed by atoms with Gasteiger partial charge >= 0.3 is 5.97 Å². The summed E-state index contributed by atoms with van der Waals surface area (Å²) in [6.07, 6.45) is 19.4. The van der Waals surface area contributed by atoms with E-state index in [2.05, 4.69) is 41.5 Å². The number of hydrogen-bond acceptors (Lipinski definition) is 3. The van der Waals surface area contributed by atoms with Gasteiger partial charge in [0.2, 0.25) is 0 Å². The van der Waals surface area contributed by atoms with Gasteiger partial charge in [-0.2, -0.15) is 0 Å². The maximum atomic E-state index is 12.1. The van der Waals surface area contributed by atoms with Crippen molar-refractivity contribution in [1.82, 2.24) is 4.98 Å². The Kier molecular flexibility index (Phi) is 9.50. The van der Waals surface area contributed by atoms with E-state index in [9.17, 15) is 9.90 Å². The first-order valence-corrected chi connectivity index (χ1v) is 13.0. The molecule has 2 aliphatic carbocycles. The van der Waals surface area contributed by atoms with E-state index in [1.165, 1.54) is 56.1 Å². The molecule has 2 fully saturated rings. The molecule has 0 spiro atoms. The minimum atomic E-state index is -0.927. The van der Waals surface area contributed by atoms with Crippen LogP contribution in [0, 0.1) is 12.8 Å². The number of pyridine rings is 1. The number of nitrogens with zero attached hydrogens (tertiary/aromatic N) is 1. The van der Waals surface area contributed by atoms with Crippen molar-refractivity contribution < 1.29 is 9.90 Å². The molecule has 0 bridgehead atoms. The maximum Gasteiger partial charge on any atom is 0.332 e. The zero-order chi connectivity index (χ0) is 24.5. The van der Waals surface area contributed by atoms with Gasteiger partial charge in [-0.3, -0.25) is 4.98 Å². The summed E-state index contributed by atoms with van der Waals surface area (Å²) in [7, 11) is 0. The van der Waals surface area contributed by atoms with Gasteiger partial charge in [0.1, 0.15) is 0 Å². The van der Waals surface area contributed by atoms with Gasteiger partial charge < -0.3 is 10.4 Å². The third-order valence-electron chi connectivity index (χ3n) is 6.74.